The molecule has 0 aromatic heterocycles. The van der Waals surface area contributed by atoms with Crippen LogP contribution in [0.25, 0.3) is 0 Å². The number of carbonyl (C=O) groups is 1. The average molecular weight is 268 g/mol. The molecule has 2 unspecified atom stereocenters. The second-order valence-electron chi connectivity index (χ2n) is 7.24. The van der Waals surface area contributed by atoms with Crippen LogP contribution in [0.3, 0.4) is 0 Å². The zero-order valence-electron chi connectivity index (χ0n) is 13.4. The van der Waals surface area contributed by atoms with Crippen molar-refractivity contribution < 1.29 is 4.79 Å². The molecule has 0 aromatic carbocycles. The molecule has 2 N–H and O–H groups in total. The van der Waals surface area contributed by atoms with Crippen LogP contribution in [0, 0.1) is 17.3 Å². The van der Waals surface area contributed by atoms with Crippen LogP contribution in [0.5, 0.6) is 0 Å². The first kappa shape index (κ1) is 16.5. The molecule has 0 heterocycles. The molecule has 1 saturated carbocycles. The minimum absolute atomic E-state index is 0.157. The van der Waals surface area contributed by atoms with E-state index in [0.29, 0.717) is 11.8 Å². The largest absolute Gasteiger partial charge is 0.345 e. The molecule has 0 bridgehead atoms. The summed E-state index contributed by atoms with van der Waals surface area (Å²) in [6.07, 6.45) is 5.57. The summed E-state index contributed by atoms with van der Waals surface area (Å²) >= 11 is 0. The van der Waals surface area contributed by atoms with E-state index in [-0.39, 0.29) is 17.4 Å². The first-order valence-corrected chi connectivity index (χ1v) is 7.76. The zero-order valence-corrected chi connectivity index (χ0v) is 13.4. The highest BCUT2D eigenvalue weighted by atomic mass is 16.2. The molecule has 0 spiro atoms. The van der Waals surface area contributed by atoms with Crippen molar-refractivity contribution in [3.05, 3.63) is 0 Å². The lowest BCUT2D eigenvalue weighted by Crippen LogP contribution is -2.43. The summed E-state index contributed by atoms with van der Waals surface area (Å²) in [5, 5.41) is 0. The molecule has 112 valence electrons. The number of hydrogen-bond acceptors (Lipinski definition) is 2. The predicted octanol–water partition coefficient (Wildman–Crippen LogP) is 3.03. The van der Waals surface area contributed by atoms with Gasteiger partial charge in [0.25, 0.3) is 0 Å². The van der Waals surface area contributed by atoms with E-state index < -0.39 is 0 Å². The van der Waals surface area contributed by atoms with E-state index in [9.17, 15) is 4.79 Å². The van der Waals surface area contributed by atoms with Gasteiger partial charge in [0.15, 0.2) is 0 Å². The van der Waals surface area contributed by atoms with Gasteiger partial charge in [-0.05, 0) is 30.6 Å². The van der Waals surface area contributed by atoms with Gasteiger partial charge in [0.1, 0.15) is 0 Å². The molecule has 1 aliphatic carbocycles. The highest BCUT2D eigenvalue weighted by molar-refractivity contribution is 5.79. The monoisotopic (exact) mass is 268 g/mol. The Morgan fingerprint density at radius 3 is 2.53 bits per heavy atom. The third-order valence-corrected chi connectivity index (χ3v) is 4.84. The van der Waals surface area contributed by atoms with Gasteiger partial charge in [0, 0.05) is 25.6 Å². The van der Waals surface area contributed by atoms with Gasteiger partial charge in [-0.2, -0.15) is 0 Å². The molecule has 1 fully saturated rings. The summed E-state index contributed by atoms with van der Waals surface area (Å²) in [5.74, 6) is 0.997. The van der Waals surface area contributed by atoms with Gasteiger partial charge >= 0.3 is 0 Å². The number of hydrogen-bond donors (Lipinski definition) is 1. The summed E-state index contributed by atoms with van der Waals surface area (Å²) < 4.78 is 0. The lowest BCUT2D eigenvalue weighted by Gasteiger charge is -2.39. The van der Waals surface area contributed by atoms with E-state index in [1.165, 1.54) is 19.3 Å². The van der Waals surface area contributed by atoms with Crippen molar-refractivity contribution in [1.29, 1.82) is 0 Å². The van der Waals surface area contributed by atoms with Gasteiger partial charge in [-0.25, -0.2) is 0 Å². The molecule has 0 radical (unpaired) electrons. The summed E-state index contributed by atoms with van der Waals surface area (Å²) in [5.41, 5.74) is 6.22. The fourth-order valence-corrected chi connectivity index (χ4v) is 3.00. The Labute approximate surface area is 118 Å². The first-order chi connectivity index (χ1) is 8.75. The van der Waals surface area contributed by atoms with Crippen molar-refractivity contribution in [3.63, 3.8) is 0 Å². The summed E-state index contributed by atoms with van der Waals surface area (Å²) in [7, 11) is 1.93. The Kier molecular flexibility index (Phi) is 5.84. The topological polar surface area (TPSA) is 46.3 Å². The predicted molar refractivity (Wildman–Crippen MR) is 80.8 cm³/mol. The number of nitrogens with two attached hydrogens (primary N) is 1. The molecule has 0 aliphatic heterocycles. The van der Waals surface area contributed by atoms with Crippen molar-refractivity contribution in [2.75, 3.05) is 13.6 Å². The summed E-state index contributed by atoms with van der Waals surface area (Å²) in [4.78, 5) is 14.5. The lowest BCUT2D eigenvalue weighted by molar-refractivity contribution is -0.139. The highest BCUT2D eigenvalue weighted by Gasteiger charge is 2.38. The third-order valence-electron chi connectivity index (χ3n) is 4.84. The average Bonchev–Trinajstić information content (AvgIpc) is 2.33. The fourth-order valence-electron chi connectivity index (χ4n) is 3.00. The van der Waals surface area contributed by atoms with E-state index >= 15 is 0 Å². The Morgan fingerprint density at radius 2 is 2.00 bits per heavy atom. The Morgan fingerprint density at radius 1 is 1.37 bits per heavy atom. The molecular weight excluding hydrogens is 236 g/mol. The molecule has 3 heteroatoms. The molecule has 2 atom stereocenters. The van der Waals surface area contributed by atoms with Crippen LogP contribution in [0.2, 0.25) is 0 Å². The van der Waals surface area contributed by atoms with E-state index in [4.69, 9.17) is 5.73 Å². The van der Waals surface area contributed by atoms with Gasteiger partial charge in [-0.3, -0.25) is 4.79 Å². The van der Waals surface area contributed by atoms with Crippen molar-refractivity contribution in [2.45, 2.75) is 65.8 Å². The maximum atomic E-state index is 12.6. The van der Waals surface area contributed by atoms with Gasteiger partial charge in [-0.1, -0.05) is 40.5 Å². The quantitative estimate of drug-likeness (QED) is 0.833. The molecule has 19 heavy (non-hydrogen) atoms. The van der Waals surface area contributed by atoms with Crippen LogP contribution in [0.15, 0.2) is 0 Å². The standard InChI is InChI=1S/C16H32N2O/c1-12(2)14(17)9-11-18(5)15(19)13-8-6-7-10-16(13,3)4/h12-14H,6-11,17H2,1-5H3. The lowest BCUT2D eigenvalue weighted by atomic mass is 9.68. The van der Waals surface area contributed by atoms with E-state index in [0.717, 1.165) is 19.4 Å². The molecule has 1 aliphatic rings. The summed E-state index contributed by atoms with van der Waals surface area (Å²) in [6, 6.07) is 0.189. The number of amides is 1. The van der Waals surface area contributed by atoms with Crippen LogP contribution in [-0.2, 0) is 4.79 Å². The Bertz CT molecular complexity index is 299. The van der Waals surface area contributed by atoms with Gasteiger partial charge in [0.05, 0.1) is 0 Å². The van der Waals surface area contributed by atoms with Crippen molar-refractivity contribution in [1.82, 2.24) is 4.90 Å². The van der Waals surface area contributed by atoms with Crippen LogP contribution >= 0.6 is 0 Å². The Hall–Kier alpha value is -0.570. The molecule has 0 saturated heterocycles. The Balaban J connectivity index is 2.52. The van der Waals surface area contributed by atoms with Gasteiger partial charge in [-0.15, -0.1) is 0 Å². The maximum absolute atomic E-state index is 12.6. The van der Waals surface area contributed by atoms with E-state index in [1.807, 2.05) is 11.9 Å². The number of nitrogens with zero attached hydrogens (tertiary/aromatic N) is 1. The summed E-state index contributed by atoms with van der Waals surface area (Å²) in [6.45, 7) is 9.53. The third kappa shape index (κ3) is 4.48. The van der Waals surface area contributed by atoms with Crippen LogP contribution in [-0.4, -0.2) is 30.4 Å². The van der Waals surface area contributed by atoms with Crippen LogP contribution < -0.4 is 5.73 Å². The van der Waals surface area contributed by atoms with Gasteiger partial charge < -0.3 is 10.6 Å². The minimum atomic E-state index is 0.157. The number of carbonyl (C=O) groups excluding carboxylic acids is 1. The van der Waals surface area contributed by atoms with E-state index in [2.05, 4.69) is 27.7 Å². The normalized spacial score (nSPS) is 24.3. The van der Waals surface area contributed by atoms with Crippen LogP contribution in [0.1, 0.15) is 59.8 Å². The first-order valence-electron chi connectivity index (χ1n) is 7.76. The van der Waals surface area contributed by atoms with Gasteiger partial charge in [0.2, 0.25) is 5.91 Å². The van der Waals surface area contributed by atoms with Crippen LogP contribution in [0.4, 0.5) is 0 Å². The number of rotatable bonds is 5. The molecule has 1 amide bonds. The molecule has 3 nitrogen and oxygen atoms in total. The SMILES string of the molecule is CC(C)C(N)CCN(C)C(=O)C1CCCCC1(C)C. The smallest absolute Gasteiger partial charge is 0.225 e. The van der Waals surface area contributed by atoms with Crippen molar-refractivity contribution >= 4 is 5.91 Å². The zero-order chi connectivity index (χ0) is 14.6. The second kappa shape index (κ2) is 6.74. The second-order valence-corrected chi connectivity index (χ2v) is 7.24. The fraction of sp³-hybridized carbons (Fsp3) is 0.938. The molecular formula is C16H32N2O. The highest BCUT2D eigenvalue weighted by Crippen LogP contribution is 2.41. The van der Waals surface area contributed by atoms with Crippen molar-refractivity contribution in [3.8, 4) is 0 Å². The minimum Gasteiger partial charge on any atom is -0.345 e. The molecule has 0 aromatic rings. The molecule has 1 rings (SSSR count). The maximum Gasteiger partial charge on any atom is 0.225 e. The van der Waals surface area contributed by atoms with Crippen molar-refractivity contribution in [2.24, 2.45) is 23.0 Å². The van der Waals surface area contributed by atoms with E-state index in [1.54, 1.807) is 0 Å².